The lowest BCUT2D eigenvalue weighted by molar-refractivity contribution is -0.114. The van der Waals surface area contributed by atoms with Crippen molar-refractivity contribution in [1.82, 2.24) is 0 Å². The van der Waals surface area contributed by atoms with Crippen molar-refractivity contribution in [2.45, 2.75) is 4.90 Å². The summed E-state index contributed by atoms with van der Waals surface area (Å²) in [5, 5.41) is 2.43. The Balaban J connectivity index is 2.02. The van der Waals surface area contributed by atoms with Crippen molar-refractivity contribution in [1.29, 1.82) is 0 Å². The lowest BCUT2D eigenvalue weighted by Gasteiger charge is -2.25. The monoisotopic (exact) mass is 466 g/mol. The quantitative estimate of drug-likeness (QED) is 0.557. The van der Waals surface area contributed by atoms with E-state index in [0.717, 1.165) is 18.2 Å². The fourth-order valence-corrected chi connectivity index (χ4v) is 4.48. The maximum atomic E-state index is 14.3. The number of nitrogens with one attached hydrogen (secondary N) is 1. The van der Waals surface area contributed by atoms with Gasteiger partial charge in [0.25, 0.3) is 10.0 Å². The second-order valence-corrected chi connectivity index (χ2v) is 8.55. The molecule has 0 heterocycles. The van der Waals surface area contributed by atoms with Gasteiger partial charge in [-0.2, -0.15) is 0 Å². The molecule has 0 saturated carbocycles. The van der Waals surface area contributed by atoms with Gasteiger partial charge in [0.2, 0.25) is 5.91 Å². The Labute approximate surface area is 183 Å². The second kappa shape index (κ2) is 9.32. The molecule has 1 N–H and O–H groups in total. The lowest BCUT2D eigenvalue weighted by atomic mass is 10.3. The van der Waals surface area contributed by atoms with Gasteiger partial charge in [-0.1, -0.05) is 35.9 Å². The molecule has 0 saturated heterocycles. The molecule has 1 amide bonds. The molecule has 0 fully saturated rings. The van der Waals surface area contributed by atoms with Crippen molar-refractivity contribution in [3.05, 3.63) is 83.4 Å². The van der Waals surface area contributed by atoms with Gasteiger partial charge in [0.1, 0.15) is 28.8 Å². The molecule has 0 aliphatic rings. The summed E-state index contributed by atoms with van der Waals surface area (Å²) in [5.74, 6) is -2.48. The van der Waals surface area contributed by atoms with Crippen molar-refractivity contribution in [3.8, 4) is 5.75 Å². The predicted molar refractivity (Wildman–Crippen MR) is 114 cm³/mol. The number of benzene rings is 3. The zero-order chi connectivity index (χ0) is 22.6. The number of hydrogen-bond donors (Lipinski definition) is 1. The highest BCUT2D eigenvalue weighted by Gasteiger charge is 2.31. The van der Waals surface area contributed by atoms with Crippen LogP contribution in [0.3, 0.4) is 0 Å². The van der Waals surface area contributed by atoms with Crippen LogP contribution >= 0.6 is 11.6 Å². The largest absolute Gasteiger partial charge is 0.495 e. The Kier molecular flexibility index (Phi) is 6.77. The molecule has 162 valence electrons. The van der Waals surface area contributed by atoms with Crippen LogP contribution in [-0.2, 0) is 14.8 Å². The predicted octanol–water partition coefficient (Wildman–Crippen LogP) is 4.46. The number of para-hydroxylation sites is 2. The number of ether oxygens (including phenoxy) is 1. The molecule has 6 nitrogen and oxygen atoms in total. The summed E-state index contributed by atoms with van der Waals surface area (Å²) < 4.78 is 60.8. The number of sulfonamides is 1. The Bertz CT molecular complexity index is 1220. The highest BCUT2D eigenvalue weighted by Crippen LogP contribution is 2.33. The van der Waals surface area contributed by atoms with Crippen LogP contribution in [0.25, 0.3) is 0 Å². The topological polar surface area (TPSA) is 75.7 Å². The molecule has 0 radical (unpaired) electrons. The summed E-state index contributed by atoms with van der Waals surface area (Å²) in [7, 11) is -3.19. The minimum atomic E-state index is -4.52. The molecule has 31 heavy (non-hydrogen) atoms. The van der Waals surface area contributed by atoms with Gasteiger partial charge < -0.3 is 10.1 Å². The van der Waals surface area contributed by atoms with Gasteiger partial charge in [-0.3, -0.25) is 9.10 Å². The van der Waals surface area contributed by atoms with Crippen LogP contribution in [0.4, 0.5) is 20.2 Å². The average Bonchev–Trinajstić information content (AvgIpc) is 2.74. The van der Waals surface area contributed by atoms with Crippen molar-refractivity contribution >= 4 is 38.9 Å². The summed E-state index contributed by atoms with van der Waals surface area (Å²) >= 11 is 5.70. The summed E-state index contributed by atoms with van der Waals surface area (Å²) in [6, 6.07) is 14.5. The molecule has 0 aromatic heterocycles. The van der Waals surface area contributed by atoms with E-state index in [1.165, 1.54) is 43.5 Å². The molecule has 0 aliphatic heterocycles. The van der Waals surface area contributed by atoms with E-state index in [1.54, 1.807) is 12.1 Å². The van der Waals surface area contributed by atoms with E-state index in [9.17, 15) is 22.0 Å². The molecule has 0 aliphatic carbocycles. The number of carbonyl (C=O) groups is 1. The van der Waals surface area contributed by atoms with Crippen LogP contribution in [-0.4, -0.2) is 28.0 Å². The highest BCUT2D eigenvalue weighted by molar-refractivity contribution is 7.92. The minimum Gasteiger partial charge on any atom is -0.495 e. The molecule has 0 atom stereocenters. The number of halogens is 3. The first-order chi connectivity index (χ1) is 14.7. The van der Waals surface area contributed by atoms with E-state index in [-0.39, 0.29) is 22.1 Å². The Hall–Kier alpha value is -3.17. The lowest BCUT2D eigenvalue weighted by Crippen LogP contribution is -2.38. The first kappa shape index (κ1) is 22.5. The molecule has 3 rings (SSSR count). The summed E-state index contributed by atoms with van der Waals surface area (Å²) in [6.07, 6.45) is 0. The number of nitrogens with zero attached hydrogens (tertiary/aromatic N) is 1. The maximum absolute atomic E-state index is 14.3. The van der Waals surface area contributed by atoms with Gasteiger partial charge in [0, 0.05) is 5.02 Å². The van der Waals surface area contributed by atoms with Crippen LogP contribution in [0.2, 0.25) is 5.02 Å². The molecule has 10 heteroatoms. The summed E-state index contributed by atoms with van der Waals surface area (Å²) in [5.41, 5.74) is -0.169. The SMILES string of the molecule is COc1ccccc1N(CC(=O)Nc1ccc(Cl)cc1F)S(=O)(=O)c1ccccc1F. The summed E-state index contributed by atoms with van der Waals surface area (Å²) in [6.45, 7) is -0.765. The Morgan fingerprint density at radius 3 is 2.39 bits per heavy atom. The van der Waals surface area contributed by atoms with E-state index in [4.69, 9.17) is 16.3 Å². The molecule has 0 spiro atoms. The third-order valence-corrected chi connectivity index (χ3v) is 6.28. The smallest absolute Gasteiger partial charge is 0.267 e. The fourth-order valence-electron chi connectivity index (χ4n) is 2.82. The molecule has 0 bridgehead atoms. The molecular weight excluding hydrogens is 450 g/mol. The van der Waals surface area contributed by atoms with E-state index in [1.807, 2.05) is 0 Å². The van der Waals surface area contributed by atoms with Crippen LogP contribution in [0, 0.1) is 11.6 Å². The minimum absolute atomic E-state index is 0.0139. The highest BCUT2D eigenvalue weighted by atomic mass is 35.5. The number of carbonyl (C=O) groups excluding carboxylic acids is 1. The molecule has 0 unspecified atom stereocenters. The van der Waals surface area contributed by atoms with Crippen molar-refractivity contribution < 1.29 is 26.7 Å². The van der Waals surface area contributed by atoms with Gasteiger partial charge in [-0.15, -0.1) is 0 Å². The Morgan fingerprint density at radius 1 is 1.03 bits per heavy atom. The van der Waals surface area contributed by atoms with Crippen LogP contribution in [0.5, 0.6) is 5.75 Å². The molecule has 3 aromatic rings. The van der Waals surface area contributed by atoms with Crippen molar-refractivity contribution in [3.63, 3.8) is 0 Å². The summed E-state index contributed by atoms with van der Waals surface area (Å²) in [4.78, 5) is 12.0. The van der Waals surface area contributed by atoms with Crippen LogP contribution in [0.15, 0.2) is 71.6 Å². The molecular formula is C21H17ClF2N2O4S. The zero-order valence-electron chi connectivity index (χ0n) is 16.2. The second-order valence-electron chi connectivity index (χ2n) is 6.29. The number of hydrogen-bond acceptors (Lipinski definition) is 4. The molecule has 3 aromatic carbocycles. The number of amides is 1. The van der Waals surface area contributed by atoms with Crippen molar-refractivity contribution in [2.24, 2.45) is 0 Å². The number of rotatable bonds is 7. The van der Waals surface area contributed by atoms with Gasteiger partial charge in [0.05, 0.1) is 18.5 Å². The zero-order valence-corrected chi connectivity index (χ0v) is 17.8. The normalized spacial score (nSPS) is 11.1. The third kappa shape index (κ3) is 4.95. The van der Waals surface area contributed by atoms with E-state index in [0.29, 0.717) is 4.31 Å². The average molecular weight is 467 g/mol. The van der Waals surface area contributed by atoms with Crippen LogP contribution < -0.4 is 14.4 Å². The van der Waals surface area contributed by atoms with Gasteiger partial charge in [-0.05, 0) is 42.5 Å². The van der Waals surface area contributed by atoms with Gasteiger partial charge in [0.15, 0.2) is 0 Å². The third-order valence-electron chi connectivity index (χ3n) is 4.25. The fraction of sp³-hybridized carbons (Fsp3) is 0.0952. The van der Waals surface area contributed by atoms with E-state index >= 15 is 0 Å². The van der Waals surface area contributed by atoms with Crippen LogP contribution in [0.1, 0.15) is 0 Å². The first-order valence-electron chi connectivity index (χ1n) is 8.89. The van der Waals surface area contributed by atoms with Gasteiger partial charge >= 0.3 is 0 Å². The number of anilines is 2. The van der Waals surface area contributed by atoms with E-state index < -0.39 is 39.0 Å². The van der Waals surface area contributed by atoms with Gasteiger partial charge in [-0.25, -0.2) is 17.2 Å². The number of methoxy groups -OCH3 is 1. The van der Waals surface area contributed by atoms with E-state index in [2.05, 4.69) is 5.32 Å². The van der Waals surface area contributed by atoms with Crippen molar-refractivity contribution in [2.75, 3.05) is 23.3 Å². The first-order valence-corrected chi connectivity index (χ1v) is 10.7. The Morgan fingerprint density at radius 2 is 1.71 bits per heavy atom. The standard InChI is InChI=1S/C21H17ClF2N2O4S/c1-30-19-8-4-3-7-18(19)26(31(28,29)20-9-5-2-6-15(20)23)13-21(27)25-17-11-10-14(22)12-16(17)24/h2-12H,13H2,1H3,(H,25,27). The maximum Gasteiger partial charge on any atom is 0.267 e.